The van der Waals surface area contributed by atoms with Gasteiger partial charge in [0.15, 0.2) is 11.6 Å². The third kappa shape index (κ3) is 4.35. The van der Waals surface area contributed by atoms with E-state index in [4.69, 9.17) is 11.6 Å². The summed E-state index contributed by atoms with van der Waals surface area (Å²) in [5.41, 5.74) is 0.684. The number of aromatic amines is 1. The van der Waals surface area contributed by atoms with Gasteiger partial charge in [0.1, 0.15) is 11.7 Å². The second kappa shape index (κ2) is 9.42. The Morgan fingerprint density at radius 1 is 1.15 bits per heavy atom. The maximum Gasteiger partial charge on any atom is 0.329 e. The molecule has 3 saturated carbocycles. The van der Waals surface area contributed by atoms with Crippen LogP contribution in [0.5, 0.6) is 5.88 Å². The summed E-state index contributed by atoms with van der Waals surface area (Å²) in [7, 11) is 0. The smallest absolute Gasteiger partial charge is 0.329 e. The molecular formula is C29H27ClF2N4O4. The van der Waals surface area contributed by atoms with Crippen molar-refractivity contribution in [1.29, 1.82) is 0 Å². The molecule has 1 amide bonds. The molecule has 208 valence electrons. The number of carbonyl (C=O) groups excluding carboxylic acids is 1. The van der Waals surface area contributed by atoms with Crippen LogP contribution in [0, 0.1) is 18.6 Å². The topological polar surface area (TPSA) is 120 Å². The summed E-state index contributed by atoms with van der Waals surface area (Å²) in [5.74, 6) is -3.49. The molecule has 4 N–H and O–H groups in total. The minimum Gasteiger partial charge on any atom is -0.493 e. The lowest BCUT2D eigenvalue weighted by atomic mass is 9.63. The summed E-state index contributed by atoms with van der Waals surface area (Å²) in [6.07, 6.45) is 6.35. The first kappa shape index (κ1) is 26.5. The van der Waals surface area contributed by atoms with E-state index in [2.05, 4.69) is 15.3 Å². The van der Waals surface area contributed by atoms with E-state index in [1.807, 2.05) is 6.92 Å². The number of benzene rings is 2. The molecule has 2 aromatic carbocycles. The number of fused-ring (bicyclic) bond motifs is 4. The van der Waals surface area contributed by atoms with Gasteiger partial charge in [-0.25, -0.2) is 18.1 Å². The molecule has 2 heterocycles. The molecule has 0 saturated heterocycles. The molecule has 0 spiro atoms. The highest BCUT2D eigenvalue weighted by atomic mass is 35.5. The number of halogens is 3. The van der Waals surface area contributed by atoms with Crippen LogP contribution in [0.2, 0.25) is 5.02 Å². The molecule has 1 aromatic heterocycles. The summed E-state index contributed by atoms with van der Waals surface area (Å²) in [5, 5.41) is 25.4. The van der Waals surface area contributed by atoms with Gasteiger partial charge in [0.05, 0.1) is 11.3 Å². The summed E-state index contributed by atoms with van der Waals surface area (Å²) >= 11 is 6.21. The highest BCUT2D eigenvalue weighted by molar-refractivity contribution is 6.32. The highest BCUT2D eigenvalue weighted by Crippen LogP contribution is 2.47. The van der Waals surface area contributed by atoms with Gasteiger partial charge in [-0.15, -0.1) is 0 Å². The van der Waals surface area contributed by atoms with Gasteiger partial charge in [0.2, 0.25) is 11.8 Å². The molecule has 11 heteroatoms. The molecule has 1 atom stereocenters. The lowest BCUT2D eigenvalue weighted by Crippen LogP contribution is -2.60. The molecule has 1 unspecified atom stereocenters. The lowest BCUT2D eigenvalue weighted by Gasteiger charge is -2.51. The maximum absolute atomic E-state index is 14.3. The molecule has 0 radical (unpaired) electrons. The number of nitrogens with one attached hydrogen (secondary N) is 2. The maximum atomic E-state index is 14.3. The molecule has 40 heavy (non-hydrogen) atoms. The van der Waals surface area contributed by atoms with Gasteiger partial charge in [0, 0.05) is 27.9 Å². The zero-order valence-electron chi connectivity index (χ0n) is 21.6. The van der Waals surface area contributed by atoms with E-state index in [-0.39, 0.29) is 11.3 Å². The average molecular weight is 569 g/mol. The van der Waals surface area contributed by atoms with E-state index in [1.165, 1.54) is 12.1 Å². The van der Waals surface area contributed by atoms with Crippen LogP contribution in [0.3, 0.4) is 0 Å². The molecular weight excluding hydrogens is 542 g/mol. The SMILES string of the molecule is Cc1c(Cl)ccc2c1N=CC2=Cc1[nH]c(=O)n(C(C(=O)NC23CCC(O)(CC2)CC3)c2ccc(F)c(F)c2)c1O. The fourth-order valence-electron chi connectivity index (χ4n) is 6.13. The number of amides is 1. The number of aliphatic imine (C=N–C) groups is 1. The molecule has 1 aliphatic heterocycles. The van der Waals surface area contributed by atoms with Crippen molar-refractivity contribution in [3.8, 4) is 5.88 Å². The minimum atomic E-state index is -1.49. The van der Waals surface area contributed by atoms with E-state index in [0.717, 1.165) is 27.8 Å². The number of carbonyl (C=O) groups is 1. The number of nitrogens with zero attached hydrogens (tertiary/aromatic N) is 2. The number of aliphatic hydroxyl groups is 1. The van der Waals surface area contributed by atoms with Crippen LogP contribution in [-0.2, 0) is 4.79 Å². The second-order valence-electron chi connectivity index (χ2n) is 11.0. The van der Waals surface area contributed by atoms with Crippen LogP contribution in [0.1, 0.15) is 67.0 Å². The van der Waals surface area contributed by atoms with Gasteiger partial charge in [-0.3, -0.25) is 9.79 Å². The Morgan fingerprint density at radius 3 is 2.52 bits per heavy atom. The van der Waals surface area contributed by atoms with Gasteiger partial charge >= 0.3 is 5.69 Å². The molecule has 8 nitrogen and oxygen atoms in total. The van der Waals surface area contributed by atoms with Crippen molar-refractivity contribution in [2.24, 2.45) is 4.99 Å². The van der Waals surface area contributed by atoms with Crippen LogP contribution in [0.25, 0.3) is 11.6 Å². The Labute approximate surface area is 233 Å². The van der Waals surface area contributed by atoms with Gasteiger partial charge in [-0.2, -0.15) is 0 Å². The number of imidazole rings is 1. The number of allylic oxidation sites excluding steroid dienone is 1. The third-order valence-electron chi connectivity index (χ3n) is 8.60. The van der Waals surface area contributed by atoms with Gasteiger partial charge in [-0.1, -0.05) is 23.7 Å². The van der Waals surface area contributed by atoms with E-state index in [9.17, 15) is 28.6 Å². The zero-order valence-corrected chi connectivity index (χ0v) is 22.4. The number of aromatic nitrogens is 2. The van der Waals surface area contributed by atoms with Crippen LogP contribution >= 0.6 is 11.6 Å². The standard InChI is InChI=1S/C29H27ClF2N4O4/c1-15-19(30)4-3-18-17(14-33-23(15)18)13-22-26(38)36(27(39)34-22)24(16-2-5-20(31)21(32)12-16)25(37)35-28-6-9-29(40,10-7-28)11-8-28/h2-5,12-14,24,38,40H,6-11H2,1H3,(H,34,39)(H,35,37). The van der Waals surface area contributed by atoms with Crippen molar-refractivity contribution < 1.29 is 23.8 Å². The number of aromatic hydroxyl groups is 1. The van der Waals surface area contributed by atoms with Gasteiger partial charge in [-0.05, 0) is 80.9 Å². The number of hydrogen-bond donors (Lipinski definition) is 4. The monoisotopic (exact) mass is 568 g/mol. The average Bonchev–Trinajstić information content (AvgIpc) is 3.45. The predicted octanol–water partition coefficient (Wildman–Crippen LogP) is 4.92. The van der Waals surface area contributed by atoms with Crippen molar-refractivity contribution in [3.63, 3.8) is 0 Å². The first-order valence-electron chi connectivity index (χ1n) is 13.1. The summed E-state index contributed by atoms with van der Waals surface area (Å²) < 4.78 is 29.0. The highest BCUT2D eigenvalue weighted by Gasteiger charge is 2.49. The van der Waals surface area contributed by atoms with Crippen molar-refractivity contribution in [2.45, 2.75) is 62.6 Å². The van der Waals surface area contributed by atoms with E-state index in [0.29, 0.717) is 54.8 Å². The van der Waals surface area contributed by atoms with Gasteiger partial charge < -0.3 is 20.5 Å². The summed E-state index contributed by atoms with van der Waals surface area (Å²) in [4.78, 5) is 34.0. The predicted molar refractivity (Wildman–Crippen MR) is 147 cm³/mol. The largest absolute Gasteiger partial charge is 0.493 e. The summed E-state index contributed by atoms with van der Waals surface area (Å²) in [6.45, 7) is 1.83. The first-order valence-corrected chi connectivity index (χ1v) is 13.5. The fourth-order valence-corrected chi connectivity index (χ4v) is 6.28. The molecule has 2 bridgehead atoms. The van der Waals surface area contributed by atoms with Crippen LogP contribution in [0.4, 0.5) is 14.5 Å². The van der Waals surface area contributed by atoms with Gasteiger partial charge in [0.25, 0.3) is 0 Å². The molecule has 4 aliphatic rings. The molecule has 3 fully saturated rings. The number of rotatable bonds is 5. The molecule has 3 aliphatic carbocycles. The van der Waals surface area contributed by atoms with Crippen molar-refractivity contribution in [3.05, 3.63) is 79.9 Å². The summed E-state index contributed by atoms with van der Waals surface area (Å²) in [6, 6.07) is 4.95. The third-order valence-corrected chi connectivity index (χ3v) is 9.01. The van der Waals surface area contributed by atoms with E-state index < -0.39 is 46.3 Å². The lowest BCUT2D eigenvalue weighted by molar-refractivity contribution is -0.130. The number of H-pyrrole nitrogens is 1. The fraction of sp³-hybridized carbons (Fsp3) is 0.345. The van der Waals surface area contributed by atoms with E-state index >= 15 is 0 Å². The Bertz CT molecular complexity index is 1650. The Kier molecular flexibility index (Phi) is 6.23. The zero-order chi connectivity index (χ0) is 28.4. The normalized spacial score (nSPS) is 24.9. The number of hydrogen-bond acceptors (Lipinski definition) is 5. The van der Waals surface area contributed by atoms with Crippen LogP contribution in [-0.4, -0.2) is 43.0 Å². The van der Waals surface area contributed by atoms with Crippen LogP contribution in [0.15, 0.2) is 40.1 Å². The molecule has 7 rings (SSSR count). The Balaban J connectivity index is 1.41. The van der Waals surface area contributed by atoms with E-state index in [1.54, 1.807) is 18.3 Å². The van der Waals surface area contributed by atoms with Crippen molar-refractivity contribution >= 4 is 41.1 Å². The quantitative estimate of drug-likeness (QED) is 0.349. The first-order chi connectivity index (χ1) is 19.0. The molecule has 3 aromatic rings. The van der Waals surface area contributed by atoms with Crippen LogP contribution < -0.4 is 11.0 Å². The second-order valence-corrected chi connectivity index (χ2v) is 11.4. The van der Waals surface area contributed by atoms with Crippen molar-refractivity contribution in [1.82, 2.24) is 14.9 Å². The van der Waals surface area contributed by atoms with Crippen molar-refractivity contribution in [2.75, 3.05) is 0 Å². The minimum absolute atomic E-state index is 0.00966. The Morgan fingerprint density at radius 2 is 1.85 bits per heavy atom. The Hall–Kier alpha value is -3.76.